The number of anilines is 1. The number of hydrogen-bond acceptors (Lipinski definition) is 8. The number of rotatable bonds is 19. The van der Waals surface area contributed by atoms with Crippen LogP contribution >= 0.6 is 0 Å². The van der Waals surface area contributed by atoms with Gasteiger partial charge in [-0.05, 0) is 94.8 Å². The normalized spacial score (nSPS) is 21.2. The van der Waals surface area contributed by atoms with Gasteiger partial charge in [0.15, 0.2) is 12.0 Å². The number of aliphatic carboxylic acids is 1. The summed E-state index contributed by atoms with van der Waals surface area (Å²) in [5.74, 6) is -0.837. The molecule has 0 aliphatic carbocycles. The van der Waals surface area contributed by atoms with Crippen molar-refractivity contribution in [3.8, 4) is 0 Å². The molecule has 2 aliphatic heterocycles. The number of fused-ring (bicyclic) bond motifs is 2. The molecule has 2 aliphatic rings. The van der Waals surface area contributed by atoms with Gasteiger partial charge >= 0.3 is 5.97 Å². The van der Waals surface area contributed by atoms with Crippen molar-refractivity contribution in [1.82, 2.24) is 0 Å². The van der Waals surface area contributed by atoms with Gasteiger partial charge in [-0.15, -0.1) is 0 Å². The second kappa shape index (κ2) is 16.7. The third-order valence-corrected chi connectivity index (χ3v) is 12.2. The minimum absolute atomic E-state index is 0.0862. The van der Waals surface area contributed by atoms with Crippen LogP contribution in [0.3, 0.4) is 0 Å². The molecule has 2 heterocycles. The number of benzene rings is 2. The van der Waals surface area contributed by atoms with Crippen molar-refractivity contribution in [1.29, 1.82) is 0 Å². The highest BCUT2D eigenvalue weighted by Gasteiger charge is 2.48. The fourth-order valence-electron chi connectivity index (χ4n) is 7.71. The molecule has 3 N–H and O–H groups in total. The monoisotopic (exact) mass is 761 g/mol. The Hall–Kier alpha value is -3.40. The molecule has 0 spiro atoms. The van der Waals surface area contributed by atoms with Gasteiger partial charge in [-0.3, -0.25) is 13.9 Å². The van der Waals surface area contributed by atoms with Crippen LogP contribution in [0.1, 0.15) is 96.6 Å². The molecule has 0 aromatic heterocycles. The van der Waals surface area contributed by atoms with E-state index in [9.17, 15) is 30.7 Å². The lowest BCUT2D eigenvalue weighted by Crippen LogP contribution is -2.32. The Morgan fingerprint density at radius 1 is 0.885 bits per heavy atom. The van der Waals surface area contributed by atoms with E-state index in [1.165, 1.54) is 18.2 Å². The zero-order valence-corrected chi connectivity index (χ0v) is 32.6. The molecule has 0 radical (unpaired) electrons. The number of carboxylic acid groups (broad SMARTS) is 1. The smallest absolute Gasteiger partial charge is 0.303 e. The summed E-state index contributed by atoms with van der Waals surface area (Å²) in [6.07, 6.45) is 11.1. The first-order chi connectivity index (χ1) is 24.5. The van der Waals surface area contributed by atoms with Gasteiger partial charge in [-0.2, -0.15) is 21.4 Å². The van der Waals surface area contributed by atoms with E-state index in [1.54, 1.807) is 32.4 Å². The number of ether oxygens (including phenoxy) is 2. The van der Waals surface area contributed by atoms with Gasteiger partial charge in [0.1, 0.15) is 6.54 Å². The second-order valence-corrected chi connectivity index (χ2v) is 16.8. The Labute approximate surface area is 308 Å². The van der Waals surface area contributed by atoms with E-state index in [0.29, 0.717) is 45.2 Å². The van der Waals surface area contributed by atoms with Crippen molar-refractivity contribution >= 4 is 43.3 Å². The zero-order valence-electron chi connectivity index (χ0n) is 31.0. The average molecular weight is 762 g/mol. The molecule has 52 heavy (non-hydrogen) atoms. The Bertz CT molecular complexity index is 1950. The molecule has 2 unspecified atom stereocenters. The van der Waals surface area contributed by atoms with Gasteiger partial charge in [0.25, 0.3) is 20.2 Å². The van der Waals surface area contributed by atoms with Crippen LogP contribution in [0, 0.1) is 0 Å². The van der Waals surface area contributed by atoms with E-state index in [1.807, 2.05) is 32.1 Å². The van der Waals surface area contributed by atoms with Crippen LogP contribution in [0.25, 0.3) is 0 Å². The van der Waals surface area contributed by atoms with Crippen molar-refractivity contribution in [3.05, 3.63) is 71.5 Å². The summed E-state index contributed by atoms with van der Waals surface area (Å²) in [4.78, 5) is 12.9. The molecule has 0 fully saturated rings. The van der Waals surface area contributed by atoms with Crippen LogP contribution < -0.4 is 4.90 Å². The van der Waals surface area contributed by atoms with Gasteiger partial charge in [-0.25, -0.2) is 0 Å². The van der Waals surface area contributed by atoms with E-state index in [0.717, 1.165) is 53.2 Å². The number of likely N-dealkylation sites (N-methyl/N-ethyl adjacent to an activating group) is 1. The van der Waals surface area contributed by atoms with Crippen LogP contribution in [-0.2, 0) is 45.3 Å². The Morgan fingerprint density at radius 3 is 2.10 bits per heavy atom. The molecule has 12 nitrogen and oxygen atoms in total. The highest BCUT2D eigenvalue weighted by atomic mass is 32.2. The number of hydrogen-bond donors (Lipinski definition) is 3. The third-order valence-electron chi connectivity index (χ3n) is 10.5. The molecule has 14 heteroatoms. The summed E-state index contributed by atoms with van der Waals surface area (Å²) in [7, 11) is -5.78. The molecular weight excluding hydrogens is 709 g/mol. The maximum absolute atomic E-state index is 12.3. The Balaban J connectivity index is 1.88. The number of unbranched alkanes of at least 4 members (excludes halogenated alkanes) is 3. The lowest BCUT2D eigenvalue weighted by atomic mass is 9.75. The standard InChI is InChI=1S/C38H52N2O10S2/c1-7-9-22-37(3)30-26-28(52(46,47)48)18-20-32(30)40(24-12-10-11-16-35(41)42)34(37)15-13-14-33-38(4,23-21-36(49-5)50-6)29-25-27(51(43,44)45)17-19-31(29)39(33)8-2/h13-15,17-20,25-26,36H,7-12,16,21-24H2,1-6H3,(H2-,41,42,43,44,45,46,47,48)/p+1. The minimum Gasteiger partial charge on any atom is -0.481 e. The molecule has 0 bridgehead atoms. The maximum Gasteiger partial charge on any atom is 0.303 e. The Morgan fingerprint density at radius 2 is 1.52 bits per heavy atom. The zero-order chi connectivity index (χ0) is 38.5. The number of carbonyl (C=O) groups is 1. The van der Waals surface area contributed by atoms with E-state index in [2.05, 4.69) is 23.3 Å². The van der Waals surface area contributed by atoms with E-state index in [4.69, 9.17) is 14.6 Å². The highest BCUT2D eigenvalue weighted by molar-refractivity contribution is 7.86. The van der Waals surface area contributed by atoms with E-state index < -0.39 is 43.3 Å². The number of nitrogens with zero attached hydrogens (tertiary/aromatic N) is 2. The lowest BCUT2D eigenvalue weighted by Gasteiger charge is -2.31. The van der Waals surface area contributed by atoms with E-state index >= 15 is 0 Å². The highest BCUT2D eigenvalue weighted by Crippen LogP contribution is 2.51. The van der Waals surface area contributed by atoms with Gasteiger partial charge in [0.05, 0.1) is 15.2 Å². The SMILES string of the molecule is CCCCC1(C)C(C=CC=C2N(CC)c3ccc(S(=O)(=O)O)cc3C2(C)CCC(OC)OC)=[N+](CCCCCC(=O)O)c2ccc(S(=O)(=O)O)cc21. The number of carboxylic acids is 1. The van der Waals surface area contributed by atoms with Crippen LogP contribution in [0.4, 0.5) is 11.4 Å². The van der Waals surface area contributed by atoms with Gasteiger partial charge in [0.2, 0.25) is 5.69 Å². The molecule has 2 atom stereocenters. The van der Waals surface area contributed by atoms with Crippen LogP contribution in [-0.4, -0.2) is 80.9 Å². The second-order valence-electron chi connectivity index (χ2n) is 13.9. The summed E-state index contributed by atoms with van der Waals surface area (Å²) in [6.45, 7) is 9.40. The molecule has 0 amide bonds. The quantitative estimate of drug-likeness (QED) is 0.0582. The predicted octanol–water partition coefficient (Wildman–Crippen LogP) is 7.01. The largest absolute Gasteiger partial charge is 0.481 e. The topological polar surface area (TPSA) is 171 Å². The van der Waals surface area contributed by atoms with Crippen molar-refractivity contribution in [3.63, 3.8) is 0 Å². The first-order valence-corrected chi connectivity index (χ1v) is 20.7. The van der Waals surface area contributed by atoms with Gasteiger partial charge < -0.3 is 19.5 Å². The van der Waals surface area contributed by atoms with Crippen LogP contribution in [0.15, 0.2) is 70.1 Å². The van der Waals surface area contributed by atoms with Crippen molar-refractivity contribution in [2.24, 2.45) is 0 Å². The summed E-state index contributed by atoms with van der Waals surface area (Å²) in [6, 6.07) is 9.37. The van der Waals surface area contributed by atoms with Crippen molar-refractivity contribution in [2.45, 2.75) is 112 Å². The summed E-state index contributed by atoms with van der Waals surface area (Å²) in [5.41, 5.74) is 3.78. The molecule has 0 saturated carbocycles. The average Bonchev–Trinajstić information content (AvgIpc) is 3.46. The van der Waals surface area contributed by atoms with Gasteiger partial charge in [-0.1, -0.05) is 25.8 Å². The predicted molar refractivity (Wildman–Crippen MR) is 200 cm³/mol. The molecule has 4 rings (SSSR count). The first kappa shape index (κ1) is 41.4. The summed E-state index contributed by atoms with van der Waals surface area (Å²) >= 11 is 0. The molecule has 2 aromatic carbocycles. The first-order valence-electron chi connectivity index (χ1n) is 17.8. The minimum atomic E-state index is -4.46. The summed E-state index contributed by atoms with van der Waals surface area (Å²) < 4.78 is 82.0. The van der Waals surface area contributed by atoms with E-state index in [-0.39, 0.29) is 16.2 Å². The molecular formula is C38H53N2O10S2+. The number of methoxy groups -OCH3 is 2. The van der Waals surface area contributed by atoms with Crippen molar-refractivity contribution in [2.75, 3.05) is 32.2 Å². The number of allylic oxidation sites excluding steroid dienone is 4. The Kier molecular flexibility index (Phi) is 13.3. The van der Waals surface area contributed by atoms with Crippen molar-refractivity contribution < 1.29 is 49.9 Å². The van der Waals surface area contributed by atoms with Gasteiger partial charge in [0, 0.05) is 68.1 Å². The maximum atomic E-state index is 12.3. The van der Waals surface area contributed by atoms with Crippen LogP contribution in [0.5, 0.6) is 0 Å². The molecule has 2 aromatic rings. The fraction of sp³-hybridized carbons (Fsp3) is 0.526. The summed E-state index contributed by atoms with van der Waals surface area (Å²) in [5, 5.41) is 9.14. The lowest BCUT2D eigenvalue weighted by molar-refractivity contribution is -0.438. The molecule has 0 saturated heterocycles. The third kappa shape index (κ3) is 8.69. The molecule has 286 valence electrons. The fourth-order valence-corrected chi connectivity index (χ4v) is 8.73. The van der Waals surface area contributed by atoms with Crippen LogP contribution in [0.2, 0.25) is 0 Å².